The van der Waals surface area contributed by atoms with Crippen LogP contribution in [0.15, 0.2) is 24.3 Å². The van der Waals surface area contributed by atoms with Crippen LogP contribution in [0.2, 0.25) is 5.02 Å². The number of nitrogens with zero attached hydrogens (tertiary/aromatic N) is 2. The van der Waals surface area contributed by atoms with Crippen LogP contribution >= 0.6 is 22.9 Å². The first-order valence-electron chi connectivity index (χ1n) is 5.68. The summed E-state index contributed by atoms with van der Waals surface area (Å²) in [5, 5.41) is 11.3. The molecule has 0 spiro atoms. The Kier molecular flexibility index (Phi) is 4.65. The van der Waals surface area contributed by atoms with Gasteiger partial charge in [0.2, 0.25) is 5.13 Å². The van der Waals surface area contributed by atoms with Gasteiger partial charge >= 0.3 is 11.9 Å². The van der Waals surface area contributed by atoms with Crippen LogP contribution in [0.1, 0.15) is 6.92 Å². The molecule has 0 aliphatic rings. The number of carbonyl (C=O) groups is 2. The van der Waals surface area contributed by atoms with Gasteiger partial charge in [-0.15, -0.1) is 10.2 Å². The first-order valence-corrected chi connectivity index (χ1v) is 6.87. The molecule has 2 aromatic rings. The molecule has 20 heavy (non-hydrogen) atoms. The van der Waals surface area contributed by atoms with E-state index in [4.69, 9.17) is 11.6 Å². The van der Waals surface area contributed by atoms with Crippen molar-refractivity contribution < 1.29 is 14.3 Å². The quantitative estimate of drug-likeness (QED) is 0.695. The summed E-state index contributed by atoms with van der Waals surface area (Å²) < 4.78 is 4.57. The number of carbonyl (C=O) groups excluding carboxylic acids is 2. The van der Waals surface area contributed by atoms with Crippen LogP contribution in [0.25, 0.3) is 10.6 Å². The lowest BCUT2D eigenvalue weighted by Gasteiger charge is -2.00. The number of halogens is 1. The Hall–Kier alpha value is -1.99. The summed E-state index contributed by atoms with van der Waals surface area (Å²) in [4.78, 5) is 22.6. The molecule has 0 atom stereocenters. The average Bonchev–Trinajstić information content (AvgIpc) is 2.87. The minimum Gasteiger partial charge on any atom is -0.459 e. The van der Waals surface area contributed by atoms with Crippen LogP contribution in [0.4, 0.5) is 5.13 Å². The number of amides is 1. The van der Waals surface area contributed by atoms with E-state index >= 15 is 0 Å². The first-order chi connectivity index (χ1) is 9.61. The number of hydrogen-bond donors (Lipinski definition) is 1. The molecule has 0 aliphatic carbocycles. The highest BCUT2D eigenvalue weighted by atomic mass is 35.5. The summed E-state index contributed by atoms with van der Waals surface area (Å²) in [6.07, 6.45) is 0. The zero-order valence-corrected chi connectivity index (χ0v) is 12.0. The fourth-order valence-corrected chi connectivity index (χ4v) is 2.42. The molecule has 0 aliphatic heterocycles. The Morgan fingerprint density at radius 3 is 2.80 bits per heavy atom. The van der Waals surface area contributed by atoms with Gasteiger partial charge in [0.15, 0.2) is 5.01 Å². The molecule has 104 valence electrons. The van der Waals surface area contributed by atoms with Crippen LogP contribution < -0.4 is 5.32 Å². The van der Waals surface area contributed by atoms with Crippen LogP contribution in [0.3, 0.4) is 0 Å². The number of esters is 1. The number of nitrogens with one attached hydrogen (secondary N) is 1. The molecule has 0 fully saturated rings. The molecule has 1 aromatic heterocycles. The Balaban J connectivity index is 2.12. The fourth-order valence-electron chi connectivity index (χ4n) is 1.36. The third-order valence-electron chi connectivity index (χ3n) is 2.21. The normalized spacial score (nSPS) is 10.1. The zero-order chi connectivity index (χ0) is 14.5. The smallest absolute Gasteiger partial charge is 0.397 e. The predicted octanol–water partition coefficient (Wildman–Crippen LogP) is 2.36. The predicted molar refractivity (Wildman–Crippen MR) is 75.6 cm³/mol. The first kappa shape index (κ1) is 14.4. The maximum atomic E-state index is 11.4. The Bertz CT molecular complexity index is 644. The lowest BCUT2D eigenvalue weighted by molar-refractivity contribution is -0.152. The number of anilines is 1. The highest BCUT2D eigenvalue weighted by molar-refractivity contribution is 7.18. The van der Waals surface area contributed by atoms with Gasteiger partial charge in [0.05, 0.1) is 11.6 Å². The van der Waals surface area contributed by atoms with Crippen molar-refractivity contribution in [2.24, 2.45) is 0 Å². The van der Waals surface area contributed by atoms with Gasteiger partial charge in [0, 0.05) is 5.56 Å². The summed E-state index contributed by atoms with van der Waals surface area (Å²) in [6, 6.07) is 7.14. The van der Waals surface area contributed by atoms with Crippen molar-refractivity contribution in [2.45, 2.75) is 6.92 Å². The lowest BCUT2D eigenvalue weighted by atomic mass is 10.2. The average molecular weight is 312 g/mol. The van der Waals surface area contributed by atoms with E-state index in [1.807, 2.05) is 6.07 Å². The molecule has 2 rings (SSSR count). The van der Waals surface area contributed by atoms with Crippen LogP contribution in [-0.4, -0.2) is 28.7 Å². The highest BCUT2D eigenvalue weighted by Gasteiger charge is 2.17. The maximum absolute atomic E-state index is 11.4. The molecule has 0 saturated carbocycles. The van der Waals surface area contributed by atoms with Crippen molar-refractivity contribution in [3.05, 3.63) is 29.3 Å². The number of hydrogen-bond acceptors (Lipinski definition) is 6. The Morgan fingerprint density at radius 1 is 1.35 bits per heavy atom. The molecule has 6 nitrogen and oxygen atoms in total. The molecule has 1 aromatic carbocycles. The maximum Gasteiger partial charge on any atom is 0.397 e. The summed E-state index contributed by atoms with van der Waals surface area (Å²) >= 11 is 7.16. The second kappa shape index (κ2) is 6.44. The summed E-state index contributed by atoms with van der Waals surface area (Å²) in [7, 11) is 0. The Morgan fingerprint density at radius 2 is 2.10 bits per heavy atom. The molecule has 0 radical (unpaired) electrons. The molecule has 0 saturated heterocycles. The van der Waals surface area contributed by atoms with Gasteiger partial charge in [-0.3, -0.25) is 10.1 Å². The topological polar surface area (TPSA) is 81.2 Å². The summed E-state index contributed by atoms with van der Waals surface area (Å²) in [5.41, 5.74) is 0.711. The van der Waals surface area contributed by atoms with Gasteiger partial charge in [0.25, 0.3) is 0 Å². The molecular weight excluding hydrogens is 302 g/mol. The van der Waals surface area contributed by atoms with Crippen LogP contribution in [-0.2, 0) is 14.3 Å². The van der Waals surface area contributed by atoms with Gasteiger partial charge in [-0.1, -0.05) is 41.1 Å². The highest BCUT2D eigenvalue weighted by Crippen LogP contribution is 2.31. The van der Waals surface area contributed by atoms with Crippen molar-refractivity contribution in [1.82, 2.24) is 10.2 Å². The van der Waals surface area contributed by atoms with Gasteiger partial charge in [-0.2, -0.15) is 0 Å². The molecule has 0 unspecified atom stereocenters. The number of rotatable bonds is 3. The van der Waals surface area contributed by atoms with E-state index < -0.39 is 11.9 Å². The van der Waals surface area contributed by atoms with E-state index in [0.717, 1.165) is 11.3 Å². The minimum absolute atomic E-state index is 0.132. The molecular formula is C12H10ClN3O3S. The second-order valence-corrected chi connectivity index (χ2v) is 4.95. The van der Waals surface area contributed by atoms with E-state index in [-0.39, 0.29) is 11.7 Å². The van der Waals surface area contributed by atoms with E-state index in [1.54, 1.807) is 25.1 Å². The van der Waals surface area contributed by atoms with Gasteiger partial charge < -0.3 is 4.74 Å². The second-order valence-electron chi connectivity index (χ2n) is 3.57. The Labute approximate surface area is 123 Å². The number of ether oxygens (including phenoxy) is 1. The van der Waals surface area contributed by atoms with Crippen molar-refractivity contribution in [1.29, 1.82) is 0 Å². The molecule has 1 N–H and O–H groups in total. The van der Waals surface area contributed by atoms with Crippen LogP contribution in [0.5, 0.6) is 0 Å². The van der Waals surface area contributed by atoms with E-state index in [1.165, 1.54) is 0 Å². The third kappa shape index (κ3) is 3.31. The summed E-state index contributed by atoms with van der Waals surface area (Å²) in [5.74, 6) is -1.84. The van der Waals surface area contributed by atoms with Crippen molar-refractivity contribution in [3.8, 4) is 10.6 Å². The third-order valence-corrected chi connectivity index (χ3v) is 3.41. The van der Waals surface area contributed by atoms with Gasteiger partial charge in [-0.05, 0) is 13.0 Å². The lowest BCUT2D eigenvalue weighted by Crippen LogP contribution is -2.24. The van der Waals surface area contributed by atoms with E-state index in [2.05, 4.69) is 20.3 Å². The van der Waals surface area contributed by atoms with Crippen molar-refractivity contribution in [3.63, 3.8) is 0 Å². The standard InChI is InChI=1S/C12H10ClN3O3S/c1-2-19-11(18)9(17)14-12-16-15-10(20-12)7-5-3-4-6-8(7)13/h3-6H,2H2,1H3,(H,14,16,17). The van der Waals surface area contributed by atoms with E-state index in [9.17, 15) is 9.59 Å². The fraction of sp³-hybridized carbons (Fsp3) is 0.167. The number of benzene rings is 1. The largest absolute Gasteiger partial charge is 0.459 e. The van der Waals surface area contributed by atoms with Crippen molar-refractivity contribution in [2.75, 3.05) is 11.9 Å². The summed E-state index contributed by atoms with van der Waals surface area (Å²) in [6.45, 7) is 1.75. The van der Waals surface area contributed by atoms with Crippen LogP contribution in [0, 0.1) is 0 Å². The molecule has 8 heteroatoms. The van der Waals surface area contributed by atoms with Crippen molar-refractivity contribution >= 4 is 39.9 Å². The monoisotopic (exact) mass is 311 g/mol. The minimum atomic E-state index is -0.956. The molecule has 1 heterocycles. The van der Waals surface area contributed by atoms with Gasteiger partial charge in [0.1, 0.15) is 0 Å². The number of aromatic nitrogens is 2. The SMILES string of the molecule is CCOC(=O)C(=O)Nc1nnc(-c2ccccc2Cl)s1. The molecule has 0 bridgehead atoms. The van der Waals surface area contributed by atoms with E-state index in [0.29, 0.717) is 15.6 Å². The zero-order valence-electron chi connectivity index (χ0n) is 10.4. The van der Waals surface area contributed by atoms with Gasteiger partial charge in [-0.25, -0.2) is 4.79 Å². The molecule has 1 amide bonds.